The first-order valence-electron chi connectivity index (χ1n) is 9.62. The summed E-state index contributed by atoms with van der Waals surface area (Å²) >= 11 is 6.37. The molecule has 3 heterocycles. The maximum atomic E-state index is 13.7. The van der Waals surface area contributed by atoms with Crippen LogP contribution in [0.3, 0.4) is 0 Å². The van der Waals surface area contributed by atoms with Crippen molar-refractivity contribution in [1.82, 2.24) is 9.78 Å². The molecule has 0 unspecified atom stereocenters. The van der Waals surface area contributed by atoms with Crippen molar-refractivity contribution in [3.8, 4) is 5.69 Å². The summed E-state index contributed by atoms with van der Waals surface area (Å²) < 4.78 is 1.61. The van der Waals surface area contributed by atoms with Gasteiger partial charge in [0.2, 0.25) is 11.8 Å². The van der Waals surface area contributed by atoms with Crippen molar-refractivity contribution >= 4 is 34.9 Å². The molecular formula is C22H19ClN4O2. The average molecular weight is 407 g/mol. The van der Waals surface area contributed by atoms with Crippen LogP contribution in [0.1, 0.15) is 30.9 Å². The molecule has 0 fully saturated rings. The Morgan fingerprint density at radius 2 is 1.79 bits per heavy atom. The molecule has 3 aromatic rings. The fourth-order valence-corrected chi connectivity index (χ4v) is 4.72. The highest BCUT2D eigenvalue weighted by atomic mass is 35.5. The van der Waals surface area contributed by atoms with E-state index in [0.717, 1.165) is 17.7 Å². The van der Waals surface area contributed by atoms with Gasteiger partial charge in [-0.05, 0) is 30.2 Å². The van der Waals surface area contributed by atoms with Gasteiger partial charge in [0.05, 0.1) is 16.9 Å². The van der Waals surface area contributed by atoms with E-state index >= 15 is 0 Å². The molecule has 0 saturated carbocycles. The Morgan fingerprint density at radius 3 is 2.55 bits per heavy atom. The number of halogens is 1. The first-order chi connectivity index (χ1) is 14.1. The second kappa shape index (κ2) is 6.46. The minimum absolute atomic E-state index is 0.0598. The number of carbonyl (C=O) groups excluding carboxylic acids is 2. The Labute approximate surface area is 173 Å². The lowest BCUT2D eigenvalue weighted by Crippen LogP contribution is -2.46. The number of nitrogens with zero attached hydrogens (tertiary/aromatic N) is 3. The highest BCUT2D eigenvalue weighted by molar-refractivity contribution is 6.32. The smallest absolute Gasteiger partial charge is 0.242 e. The molecule has 146 valence electrons. The Hall–Kier alpha value is -3.12. The van der Waals surface area contributed by atoms with E-state index in [1.54, 1.807) is 21.8 Å². The number of hydrogen-bond donors (Lipinski definition) is 1. The van der Waals surface area contributed by atoms with Crippen molar-refractivity contribution in [2.75, 3.05) is 16.8 Å². The minimum atomic E-state index is -1.07. The zero-order chi connectivity index (χ0) is 20.2. The number of aromatic nitrogens is 2. The van der Waals surface area contributed by atoms with Crippen molar-refractivity contribution in [1.29, 1.82) is 0 Å². The number of hydrogen-bond acceptors (Lipinski definition) is 3. The van der Waals surface area contributed by atoms with E-state index in [0.29, 0.717) is 28.6 Å². The fraction of sp³-hybridized carbons (Fsp3) is 0.227. The van der Waals surface area contributed by atoms with Crippen molar-refractivity contribution in [3.05, 3.63) is 70.9 Å². The van der Waals surface area contributed by atoms with E-state index in [9.17, 15) is 9.59 Å². The summed E-state index contributed by atoms with van der Waals surface area (Å²) in [6.07, 6.45) is 2.57. The van der Waals surface area contributed by atoms with Crippen LogP contribution in [-0.4, -0.2) is 28.1 Å². The van der Waals surface area contributed by atoms with Gasteiger partial charge in [0.15, 0.2) is 0 Å². The van der Waals surface area contributed by atoms with E-state index in [1.807, 2.05) is 49.4 Å². The van der Waals surface area contributed by atoms with Gasteiger partial charge >= 0.3 is 0 Å². The predicted molar refractivity (Wildman–Crippen MR) is 112 cm³/mol. The molecule has 2 amide bonds. The van der Waals surface area contributed by atoms with Crippen molar-refractivity contribution in [2.24, 2.45) is 0 Å². The fourth-order valence-electron chi connectivity index (χ4n) is 4.50. The molecule has 1 atom stereocenters. The van der Waals surface area contributed by atoms with E-state index in [2.05, 4.69) is 10.4 Å². The zero-order valence-corrected chi connectivity index (χ0v) is 16.6. The number of anilines is 2. The third-order valence-corrected chi connectivity index (χ3v) is 6.02. The summed E-state index contributed by atoms with van der Waals surface area (Å²) in [5, 5.41) is 7.94. The zero-order valence-electron chi connectivity index (χ0n) is 15.9. The summed E-state index contributed by atoms with van der Waals surface area (Å²) in [7, 11) is 0. The standard InChI is InChI=1S/C22H19ClN4O2/c1-2-11-26-17-9-5-3-7-14(17)22(21(26)29)12-19(28)25-20-15(22)13-24-27(20)18-10-6-4-8-16(18)23/h3-10,13H,2,11-12H2,1H3,(H,25,28)/t22-/m0/s1. The quantitative estimate of drug-likeness (QED) is 0.717. The van der Waals surface area contributed by atoms with Gasteiger partial charge in [-0.15, -0.1) is 0 Å². The van der Waals surface area contributed by atoms with Gasteiger partial charge in [-0.2, -0.15) is 5.10 Å². The highest BCUT2D eigenvalue weighted by Gasteiger charge is 2.56. The molecule has 0 radical (unpaired) electrons. The number of amides is 2. The highest BCUT2D eigenvalue weighted by Crippen LogP contribution is 2.52. The summed E-state index contributed by atoms with van der Waals surface area (Å²) in [5.41, 5.74) is 2.01. The van der Waals surface area contributed by atoms with Crippen LogP contribution < -0.4 is 10.2 Å². The number of carbonyl (C=O) groups is 2. The van der Waals surface area contributed by atoms with Gasteiger partial charge < -0.3 is 10.2 Å². The van der Waals surface area contributed by atoms with Gasteiger partial charge in [-0.3, -0.25) is 9.59 Å². The molecule has 0 bridgehead atoms. The molecule has 5 rings (SSSR count). The molecule has 1 N–H and O–H groups in total. The lowest BCUT2D eigenvalue weighted by Gasteiger charge is -2.32. The molecule has 6 nitrogen and oxygen atoms in total. The summed E-state index contributed by atoms with van der Waals surface area (Å²) in [5.74, 6) is 0.207. The normalized spacial score (nSPS) is 20.0. The van der Waals surface area contributed by atoms with Gasteiger partial charge in [-0.25, -0.2) is 4.68 Å². The molecule has 1 spiro atoms. The Kier molecular flexibility index (Phi) is 3.99. The molecule has 29 heavy (non-hydrogen) atoms. The maximum Gasteiger partial charge on any atom is 0.242 e. The van der Waals surface area contributed by atoms with Crippen LogP contribution in [0.5, 0.6) is 0 Å². The first kappa shape index (κ1) is 17.9. The van der Waals surface area contributed by atoms with Crippen molar-refractivity contribution in [2.45, 2.75) is 25.2 Å². The summed E-state index contributed by atoms with van der Waals surface area (Å²) in [6, 6.07) is 15.0. The lowest BCUT2D eigenvalue weighted by atomic mass is 9.72. The van der Waals surface area contributed by atoms with Crippen LogP contribution >= 0.6 is 11.6 Å². The van der Waals surface area contributed by atoms with Crippen LogP contribution in [0.25, 0.3) is 5.69 Å². The van der Waals surface area contributed by atoms with Gasteiger partial charge in [0.25, 0.3) is 0 Å². The molecule has 7 heteroatoms. The summed E-state index contributed by atoms with van der Waals surface area (Å²) in [6.45, 7) is 2.64. The number of fused-ring (bicyclic) bond motifs is 4. The largest absolute Gasteiger partial charge is 0.311 e. The van der Waals surface area contributed by atoms with Crippen molar-refractivity contribution in [3.63, 3.8) is 0 Å². The first-order valence-corrected chi connectivity index (χ1v) is 10.0. The number of rotatable bonds is 3. The van der Waals surface area contributed by atoms with Crippen LogP contribution in [0.15, 0.2) is 54.7 Å². The molecule has 0 saturated heterocycles. The molecule has 1 aromatic heterocycles. The predicted octanol–water partition coefficient (Wildman–Crippen LogP) is 3.91. The van der Waals surface area contributed by atoms with E-state index in [-0.39, 0.29) is 18.2 Å². The third-order valence-electron chi connectivity index (χ3n) is 5.71. The molecule has 0 aliphatic carbocycles. The minimum Gasteiger partial charge on any atom is -0.311 e. The molecule has 2 aliphatic rings. The molecular weight excluding hydrogens is 388 g/mol. The second-order valence-electron chi connectivity index (χ2n) is 7.37. The Morgan fingerprint density at radius 1 is 1.07 bits per heavy atom. The van der Waals surface area contributed by atoms with Gasteiger partial charge in [0, 0.05) is 24.2 Å². The SMILES string of the molecule is CCCN1C(=O)[C@@]2(CC(=O)Nc3c2cnn3-c2ccccc2Cl)c2ccccc21. The van der Waals surface area contributed by atoms with Crippen molar-refractivity contribution < 1.29 is 9.59 Å². The van der Waals surface area contributed by atoms with Gasteiger partial charge in [-0.1, -0.05) is 48.9 Å². The van der Waals surface area contributed by atoms with E-state index in [1.165, 1.54) is 0 Å². The monoisotopic (exact) mass is 406 g/mol. The molecule has 2 aliphatic heterocycles. The van der Waals surface area contributed by atoms with E-state index in [4.69, 9.17) is 11.6 Å². The number of benzene rings is 2. The van der Waals surface area contributed by atoms with Crippen LogP contribution in [0.2, 0.25) is 5.02 Å². The third kappa shape index (κ3) is 2.39. The summed E-state index contributed by atoms with van der Waals surface area (Å²) in [4.78, 5) is 28.3. The number of nitrogens with one attached hydrogen (secondary N) is 1. The average Bonchev–Trinajstić information content (AvgIpc) is 3.23. The lowest BCUT2D eigenvalue weighted by molar-refractivity contribution is -0.126. The van der Waals surface area contributed by atoms with Crippen LogP contribution in [0.4, 0.5) is 11.5 Å². The topological polar surface area (TPSA) is 67.2 Å². The Bertz CT molecular complexity index is 1160. The second-order valence-corrected chi connectivity index (χ2v) is 7.78. The van der Waals surface area contributed by atoms with Crippen LogP contribution in [-0.2, 0) is 15.0 Å². The Balaban J connectivity index is 1.77. The number of para-hydroxylation sites is 2. The van der Waals surface area contributed by atoms with E-state index < -0.39 is 5.41 Å². The van der Waals surface area contributed by atoms with Crippen LogP contribution in [0, 0.1) is 0 Å². The van der Waals surface area contributed by atoms with Gasteiger partial charge in [0.1, 0.15) is 11.2 Å². The molecule has 2 aromatic carbocycles. The maximum absolute atomic E-state index is 13.7.